The van der Waals surface area contributed by atoms with E-state index >= 15 is 0 Å². The summed E-state index contributed by atoms with van der Waals surface area (Å²) < 4.78 is 1.44. The lowest BCUT2D eigenvalue weighted by Crippen LogP contribution is -2.47. The van der Waals surface area contributed by atoms with Crippen molar-refractivity contribution in [3.05, 3.63) is 17.0 Å². The van der Waals surface area contributed by atoms with Crippen LogP contribution in [0.1, 0.15) is 17.0 Å². The molecular weight excluding hydrogens is 170 g/mol. The molecule has 0 fully saturated rings. The Labute approximate surface area is 76.2 Å². The largest absolute Gasteiger partial charge is 0.548 e. The molecule has 0 aliphatic heterocycles. The van der Waals surface area contributed by atoms with Crippen LogP contribution < -0.4 is 10.8 Å². The average molecular weight is 183 g/mol. The molecule has 0 saturated heterocycles. The summed E-state index contributed by atoms with van der Waals surface area (Å²) in [6, 6.07) is 0. The van der Waals surface area contributed by atoms with Gasteiger partial charge in [-0.15, -0.1) is 0 Å². The minimum absolute atomic E-state index is 0.188. The van der Waals surface area contributed by atoms with Gasteiger partial charge >= 0.3 is 0 Å². The highest BCUT2D eigenvalue weighted by molar-refractivity contribution is 5.64. The molecule has 5 nitrogen and oxygen atoms in total. The molecule has 0 aliphatic rings. The number of aryl methyl sites for hydroxylation is 1. The Morgan fingerprint density at radius 1 is 1.62 bits per heavy atom. The van der Waals surface area contributed by atoms with Gasteiger partial charge in [-0.1, -0.05) is 0 Å². The van der Waals surface area contributed by atoms with Gasteiger partial charge in [0, 0.05) is 11.3 Å². The van der Waals surface area contributed by atoms with Crippen LogP contribution in [0.4, 0.5) is 0 Å². The summed E-state index contributed by atoms with van der Waals surface area (Å²) in [5.41, 5.74) is 6.47. The Morgan fingerprint density at radius 2 is 2.23 bits per heavy atom. The third-order valence-corrected chi connectivity index (χ3v) is 2.06. The Bertz CT molecular complexity index is 330. The molecule has 13 heavy (non-hydrogen) atoms. The number of nitrogens with zero attached hydrogens (tertiary/aromatic N) is 2. The van der Waals surface area contributed by atoms with Crippen LogP contribution in [-0.2, 0) is 17.9 Å². The van der Waals surface area contributed by atoms with Crippen molar-refractivity contribution in [3.8, 4) is 0 Å². The predicted octanol–water partition coefficient (Wildman–Crippen LogP) is -2.01. The molecular formula is C8H13N3O2. The van der Waals surface area contributed by atoms with Gasteiger partial charge in [-0.2, -0.15) is 5.10 Å². The molecule has 0 amide bonds. The van der Waals surface area contributed by atoms with E-state index < -0.39 is 5.97 Å². The van der Waals surface area contributed by atoms with Gasteiger partial charge in [0.05, 0.1) is 18.2 Å². The second-order valence-electron chi connectivity index (χ2n) is 2.93. The fourth-order valence-electron chi connectivity index (χ4n) is 1.37. The van der Waals surface area contributed by atoms with Crippen molar-refractivity contribution in [2.75, 3.05) is 0 Å². The average Bonchev–Trinajstić information content (AvgIpc) is 2.26. The van der Waals surface area contributed by atoms with Crippen LogP contribution in [0, 0.1) is 13.8 Å². The zero-order chi connectivity index (χ0) is 10.0. The van der Waals surface area contributed by atoms with E-state index in [0.717, 1.165) is 17.0 Å². The molecule has 0 radical (unpaired) electrons. The molecule has 72 valence electrons. The lowest BCUT2D eigenvalue weighted by atomic mass is 10.2. The molecule has 0 aliphatic carbocycles. The van der Waals surface area contributed by atoms with Crippen LogP contribution in [0.5, 0.6) is 0 Å². The smallest absolute Gasteiger partial charge is 0.103 e. The number of rotatable bonds is 3. The SMILES string of the molecule is Cc1nn(CC(=O)[O-])c(C)c1C[NH3+]. The number of carbonyl (C=O) groups is 1. The molecule has 0 bridgehead atoms. The maximum absolute atomic E-state index is 10.3. The lowest BCUT2D eigenvalue weighted by molar-refractivity contribution is -0.386. The lowest BCUT2D eigenvalue weighted by Gasteiger charge is -2.04. The van der Waals surface area contributed by atoms with E-state index in [9.17, 15) is 9.90 Å². The molecule has 1 aromatic rings. The van der Waals surface area contributed by atoms with E-state index in [2.05, 4.69) is 10.8 Å². The molecule has 3 N–H and O–H groups in total. The van der Waals surface area contributed by atoms with Crippen LogP contribution in [0.3, 0.4) is 0 Å². The summed E-state index contributed by atoms with van der Waals surface area (Å²) in [7, 11) is 0. The Kier molecular flexibility index (Phi) is 2.67. The molecule has 0 atom stereocenters. The Hall–Kier alpha value is -1.36. The van der Waals surface area contributed by atoms with Crippen molar-refractivity contribution in [1.29, 1.82) is 0 Å². The van der Waals surface area contributed by atoms with Crippen molar-refractivity contribution in [2.24, 2.45) is 0 Å². The molecule has 0 aromatic carbocycles. The first-order valence-electron chi connectivity index (χ1n) is 4.08. The van der Waals surface area contributed by atoms with Crippen LogP contribution in [0.2, 0.25) is 0 Å². The molecule has 0 saturated carbocycles. The first kappa shape index (κ1) is 9.73. The molecule has 0 spiro atoms. The Morgan fingerprint density at radius 3 is 2.62 bits per heavy atom. The topological polar surface area (TPSA) is 85.6 Å². The highest BCUT2D eigenvalue weighted by Gasteiger charge is 2.10. The Balaban J connectivity index is 3.03. The monoisotopic (exact) mass is 183 g/mol. The highest BCUT2D eigenvalue weighted by Crippen LogP contribution is 2.10. The molecule has 1 heterocycles. The van der Waals surface area contributed by atoms with Crippen LogP contribution in [0.25, 0.3) is 0 Å². The number of hydrogen-bond donors (Lipinski definition) is 1. The number of carbonyl (C=O) groups excluding carboxylic acids is 1. The van der Waals surface area contributed by atoms with E-state index in [1.54, 1.807) is 0 Å². The van der Waals surface area contributed by atoms with Gasteiger partial charge in [0.15, 0.2) is 0 Å². The summed E-state index contributed by atoms with van der Waals surface area (Å²) in [6.45, 7) is 4.13. The van der Waals surface area contributed by atoms with Gasteiger partial charge in [-0.25, -0.2) is 0 Å². The first-order valence-corrected chi connectivity index (χ1v) is 4.08. The minimum atomic E-state index is -1.12. The van der Waals surface area contributed by atoms with Gasteiger partial charge in [0.1, 0.15) is 6.54 Å². The fourth-order valence-corrected chi connectivity index (χ4v) is 1.37. The van der Waals surface area contributed by atoms with Crippen LogP contribution in [-0.4, -0.2) is 15.7 Å². The number of hydrogen-bond acceptors (Lipinski definition) is 3. The molecule has 1 aromatic heterocycles. The number of aliphatic carboxylic acids is 1. The standard InChI is InChI=1S/C8H13N3O2/c1-5-7(3-9)6(2)11(10-5)4-8(12)13/h3-4,9H2,1-2H3,(H,12,13). The molecule has 5 heteroatoms. The number of quaternary nitrogens is 1. The van der Waals surface area contributed by atoms with Crippen molar-refractivity contribution in [3.63, 3.8) is 0 Å². The van der Waals surface area contributed by atoms with E-state index in [1.165, 1.54) is 4.68 Å². The fraction of sp³-hybridized carbons (Fsp3) is 0.500. The van der Waals surface area contributed by atoms with Crippen molar-refractivity contribution in [1.82, 2.24) is 9.78 Å². The number of carboxylic acids is 1. The van der Waals surface area contributed by atoms with Gasteiger partial charge in [0.2, 0.25) is 0 Å². The quantitative estimate of drug-likeness (QED) is 0.587. The van der Waals surface area contributed by atoms with Crippen molar-refractivity contribution in [2.45, 2.75) is 26.9 Å². The summed E-state index contributed by atoms with van der Waals surface area (Å²) in [5, 5.41) is 14.4. The van der Waals surface area contributed by atoms with Gasteiger partial charge in [-0.05, 0) is 13.8 Å². The second-order valence-corrected chi connectivity index (χ2v) is 2.93. The van der Waals surface area contributed by atoms with E-state index in [1.807, 2.05) is 13.8 Å². The number of carboxylic acid groups (broad SMARTS) is 1. The van der Waals surface area contributed by atoms with Gasteiger partial charge < -0.3 is 15.6 Å². The van der Waals surface area contributed by atoms with Crippen LogP contribution in [0.15, 0.2) is 0 Å². The third-order valence-electron chi connectivity index (χ3n) is 2.06. The zero-order valence-corrected chi connectivity index (χ0v) is 7.83. The maximum Gasteiger partial charge on any atom is 0.103 e. The normalized spacial score (nSPS) is 10.4. The molecule has 1 rings (SSSR count). The first-order chi connectivity index (χ1) is 6.06. The van der Waals surface area contributed by atoms with Crippen molar-refractivity contribution < 1.29 is 15.6 Å². The van der Waals surface area contributed by atoms with Crippen LogP contribution >= 0.6 is 0 Å². The minimum Gasteiger partial charge on any atom is -0.548 e. The summed E-state index contributed by atoms with van der Waals surface area (Å²) >= 11 is 0. The zero-order valence-electron chi connectivity index (χ0n) is 7.83. The highest BCUT2D eigenvalue weighted by atomic mass is 16.4. The van der Waals surface area contributed by atoms with Crippen molar-refractivity contribution >= 4 is 5.97 Å². The van der Waals surface area contributed by atoms with E-state index in [-0.39, 0.29) is 6.54 Å². The van der Waals surface area contributed by atoms with E-state index in [0.29, 0.717) is 6.54 Å². The number of aromatic nitrogens is 2. The summed E-state index contributed by atoms with van der Waals surface area (Å²) in [5.74, 6) is -1.12. The maximum atomic E-state index is 10.3. The van der Waals surface area contributed by atoms with Gasteiger partial charge in [0.25, 0.3) is 0 Å². The summed E-state index contributed by atoms with van der Waals surface area (Å²) in [6.07, 6.45) is 0. The van der Waals surface area contributed by atoms with Gasteiger partial charge in [-0.3, -0.25) is 4.68 Å². The second kappa shape index (κ2) is 3.57. The summed E-state index contributed by atoms with van der Waals surface area (Å²) in [4.78, 5) is 10.3. The molecule has 0 unspecified atom stereocenters. The van der Waals surface area contributed by atoms with E-state index in [4.69, 9.17) is 0 Å². The predicted molar refractivity (Wildman–Crippen MR) is 43.3 cm³/mol. The third kappa shape index (κ3) is 1.86.